The molecule has 1 aliphatic heterocycles. The molecule has 0 radical (unpaired) electrons. The van der Waals surface area contributed by atoms with Crippen LogP contribution in [-0.2, 0) is 9.59 Å². The number of anilines is 1. The Hall–Kier alpha value is -2.99. The first-order valence-corrected chi connectivity index (χ1v) is 11.9. The molecule has 6 nitrogen and oxygen atoms in total. The maximum Gasteiger partial charge on any atom is 0.272 e. The predicted molar refractivity (Wildman–Crippen MR) is 130 cm³/mol. The summed E-state index contributed by atoms with van der Waals surface area (Å²) in [5.74, 6) is -0.451. The highest BCUT2D eigenvalue weighted by molar-refractivity contribution is 6.20. The van der Waals surface area contributed by atoms with Gasteiger partial charge in [-0.25, -0.2) is 4.99 Å². The van der Waals surface area contributed by atoms with E-state index in [1.807, 2.05) is 61.5 Å². The van der Waals surface area contributed by atoms with Crippen molar-refractivity contribution in [3.05, 3.63) is 65.7 Å². The van der Waals surface area contributed by atoms with Gasteiger partial charge in [-0.2, -0.15) is 0 Å². The first-order chi connectivity index (χ1) is 15.9. The number of benzene rings is 2. The normalized spacial score (nSPS) is 20.6. The molecule has 2 amide bonds. The van der Waals surface area contributed by atoms with E-state index >= 15 is 0 Å². The van der Waals surface area contributed by atoms with Crippen LogP contribution in [0.4, 0.5) is 5.69 Å². The molecule has 0 spiro atoms. The number of amides is 2. The van der Waals surface area contributed by atoms with Gasteiger partial charge >= 0.3 is 0 Å². The van der Waals surface area contributed by atoms with Crippen LogP contribution in [0.15, 0.2) is 59.6 Å². The number of nitrogens with one attached hydrogen (secondary N) is 1. The number of para-hydroxylation sites is 1. The fraction of sp³-hybridized carbons (Fsp3) is 0.444. The lowest BCUT2D eigenvalue weighted by Gasteiger charge is -2.31. The number of nitrogens with zero attached hydrogens (tertiary/aromatic N) is 2. The highest BCUT2D eigenvalue weighted by Crippen LogP contribution is 2.43. The van der Waals surface area contributed by atoms with E-state index in [-0.39, 0.29) is 11.8 Å². The molecule has 6 heteroatoms. The second kappa shape index (κ2) is 9.87. The molecular formula is C27H33N3O3. The van der Waals surface area contributed by atoms with E-state index in [4.69, 9.17) is 4.99 Å². The maximum absolute atomic E-state index is 13.6. The van der Waals surface area contributed by atoms with E-state index < -0.39 is 17.7 Å². The summed E-state index contributed by atoms with van der Waals surface area (Å²) in [6.07, 6.45) is 3.80. The Labute approximate surface area is 195 Å². The van der Waals surface area contributed by atoms with Crippen molar-refractivity contribution in [2.24, 2.45) is 10.4 Å². The minimum absolute atomic E-state index is 0.177. The van der Waals surface area contributed by atoms with Crippen molar-refractivity contribution in [1.82, 2.24) is 5.32 Å². The van der Waals surface area contributed by atoms with Crippen LogP contribution in [0.1, 0.15) is 63.0 Å². The number of hydrogen-bond donors (Lipinski definition) is 2. The van der Waals surface area contributed by atoms with E-state index in [2.05, 4.69) is 5.32 Å². The van der Waals surface area contributed by atoms with Crippen LogP contribution in [0.2, 0.25) is 0 Å². The smallest absolute Gasteiger partial charge is 0.272 e. The molecule has 1 unspecified atom stereocenters. The zero-order valence-electron chi connectivity index (χ0n) is 19.5. The lowest BCUT2D eigenvalue weighted by atomic mass is 9.79. The van der Waals surface area contributed by atoms with E-state index in [1.165, 1.54) is 0 Å². The van der Waals surface area contributed by atoms with Crippen LogP contribution in [0.25, 0.3) is 0 Å². The molecule has 33 heavy (non-hydrogen) atoms. The SMILES string of the molecule is CCCC(O)CC1(C(=O)N[C@H]2N=C(c3ccccc3)c3ccccc3N(C)C2=O)CCCC1. The number of hydrogen-bond acceptors (Lipinski definition) is 4. The summed E-state index contributed by atoms with van der Waals surface area (Å²) in [6, 6.07) is 17.4. The van der Waals surface area contributed by atoms with Gasteiger partial charge in [-0.3, -0.25) is 9.59 Å². The van der Waals surface area contributed by atoms with Crippen molar-refractivity contribution in [2.75, 3.05) is 11.9 Å². The lowest BCUT2D eigenvalue weighted by Crippen LogP contribution is -2.51. The number of carbonyl (C=O) groups is 2. The predicted octanol–water partition coefficient (Wildman–Crippen LogP) is 4.05. The largest absolute Gasteiger partial charge is 0.393 e. The Morgan fingerprint density at radius 2 is 1.82 bits per heavy atom. The average Bonchev–Trinajstić information content (AvgIpc) is 3.27. The van der Waals surface area contributed by atoms with Gasteiger partial charge in [-0.1, -0.05) is 74.7 Å². The van der Waals surface area contributed by atoms with Crippen LogP contribution >= 0.6 is 0 Å². The minimum atomic E-state index is -1.02. The summed E-state index contributed by atoms with van der Waals surface area (Å²) in [7, 11) is 1.72. The van der Waals surface area contributed by atoms with Crippen molar-refractivity contribution in [2.45, 2.75) is 64.1 Å². The average molecular weight is 448 g/mol. The summed E-state index contributed by atoms with van der Waals surface area (Å²) in [4.78, 5) is 33.4. The van der Waals surface area contributed by atoms with Gasteiger partial charge in [0.15, 0.2) is 0 Å². The van der Waals surface area contributed by atoms with Gasteiger partial charge in [0.1, 0.15) is 0 Å². The molecule has 0 bridgehead atoms. The third-order valence-electron chi connectivity index (χ3n) is 6.95. The Kier molecular flexibility index (Phi) is 6.94. The van der Waals surface area contributed by atoms with Crippen LogP contribution < -0.4 is 10.2 Å². The quantitative estimate of drug-likeness (QED) is 0.672. The zero-order chi connectivity index (χ0) is 23.4. The maximum atomic E-state index is 13.6. The molecule has 1 heterocycles. The van der Waals surface area contributed by atoms with Gasteiger partial charge in [-0.05, 0) is 31.7 Å². The van der Waals surface area contributed by atoms with Gasteiger partial charge in [0.2, 0.25) is 12.1 Å². The van der Waals surface area contributed by atoms with Crippen LogP contribution in [-0.4, -0.2) is 41.9 Å². The van der Waals surface area contributed by atoms with Crippen LogP contribution in [0, 0.1) is 5.41 Å². The minimum Gasteiger partial charge on any atom is -0.393 e. The second-order valence-electron chi connectivity index (χ2n) is 9.27. The van der Waals surface area contributed by atoms with Gasteiger partial charge in [0.05, 0.1) is 22.9 Å². The van der Waals surface area contributed by atoms with Gasteiger partial charge in [0, 0.05) is 18.2 Å². The topological polar surface area (TPSA) is 82.0 Å². The highest BCUT2D eigenvalue weighted by atomic mass is 16.3. The molecule has 1 fully saturated rings. The molecule has 2 aliphatic rings. The standard InChI is InChI=1S/C27H33N3O3/c1-3-11-20(31)18-27(16-9-10-17-27)26(33)29-24-25(32)30(2)22-15-8-7-14-21(22)23(28-24)19-12-5-4-6-13-19/h4-8,12-15,20,24,31H,3,9-11,16-18H2,1-2H3,(H,29,33)/t20?,24-/m1/s1. The number of carbonyl (C=O) groups excluding carboxylic acids is 2. The fourth-order valence-corrected chi connectivity index (χ4v) is 5.18. The highest BCUT2D eigenvalue weighted by Gasteiger charge is 2.44. The van der Waals surface area contributed by atoms with Crippen molar-refractivity contribution in [3.8, 4) is 0 Å². The number of rotatable bonds is 7. The van der Waals surface area contributed by atoms with E-state index in [1.54, 1.807) is 11.9 Å². The molecule has 2 aromatic carbocycles. The summed E-state index contributed by atoms with van der Waals surface area (Å²) >= 11 is 0. The molecule has 1 aliphatic carbocycles. The Balaban J connectivity index is 1.69. The van der Waals surface area contributed by atoms with Crippen molar-refractivity contribution in [3.63, 3.8) is 0 Å². The molecular weight excluding hydrogens is 414 g/mol. The Morgan fingerprint density at radius 1 is 1.15 bits per heavy atom. The first-order valence-electron chi connectivity index (χ1n) is 11.9. The Morgan fingerprint density at radius 3 is 2.52 bits per heavy atom. The summed E-state index contributed by atoms with van der Waals surface area (Å²) < 4.78 is 0. The number of aliphatic hydroxyl groups excluding tert-OH is 1. The van der Waals surface area contributed by atoms with E-state index in [9.17, 15) is 14.7 Å². The summed E-state index contributed by atoms with van der Waals surface area (Å²) in [5.41, 5.74) is 2.54. The number of aliphatic imine (C=N–C) groups is 1. The van der Waals surface area contributed by atoms with E-state index in [0.717, 1.165) is 48.9 Å². The number of benzodiazepines with no additional fused rings is 1. The second-order valence-corrected chi connectivity index (χ2v) is 9.27. The molecule has 2 atom stereocenters. The summed E-state index contributed by atoms with van der Waals surface area (Å²) in [6.45, 7) is 2.03. The van der Waals surface area contributed by atoms with E-state index in [0.29, 0.717) is 18.6 Å². The lowest BCUT2D eigenvalue weighted by molar-refractivity contribution is -0.136. The third-order valence-corrected chi connectivity index (χ3v) is 6.95. The first kappa shape index (κ1) is 23.2. The van der Waals surface area contributed by atoms with Gasteiger partial charge in [-0.15, -0.1) is 0 Å². The monoisotopic (exact) mass is 447 g/mol. The number of likely N-dealkylation sites (N-methyl/N-ethyl adjacent to an activating group) is 1. The van der Waals surface area contributed by atoms with Gasteiger partial charge < -0.3 is 15.3 Å². The van der Waals surface area contributed by atoms with Crippen LogP contribution in [0.3, 0.4) is 0 Å². The van der Waals surface area contributed by atoms with Crippen molar-refractivity contribution >= 4 is 23.2 Å². The molecule has 2 aromatic rings. The molecule has 174 valence electrons. The zero-order valence-corrected chi connectivity index (χ0v) is 19.5. The summed E-state index contributed by atoms with van der Waals surface area (Å²) in [5, 5.41) is 13.5. The molecule has 0 aromatic heterocycles. The molecule has 2 N–H and O–H groups in total. The van der Waals surface area contributed by atoms with Crippen LogP contribution in [0.5, 0.6) is 0 Å². The fourth-order valence-electron chi connectivity index (χ4n) is 5.18. The molecule has 1 saturated carbocycles. The number of aliphatic hydroxyl groups is 1. The molecule has 0 saturated heterocycles. The Bertz CT molecular complexity index is 1030. The van der Waals surface area contributed by atoms with Crippen molar-refractivity contribution in [1.29, 1.82) is 0 Å². The van der Waals surface area contributed by atoms with Crippen molar-refractivity contribution < 1.29 is 14.7 Å². The van der Waals surface area contributed by atoms with Gasteiger partial charge in [0.25, 0.3) is 5.91 Å². The third kappa shape index (κ3) is 4.71. The molecule has 4 rings (SSSR count). The number of fused-ring (bicyclic) bond motifs is 1.